The largest absolute Gasteiger partial charge is 0.416 e. The summed E-state index contributed by atoms with van der Waals surface area (Å²) in [6, 6.07) is 4.59. The molecule has 1 aliphatic heterocycles. The van der Waals surface area contributed by atoms with E-state index in [9.17, 15) is 13.2 Å². The van der Waals surface area contributed by atoms with Gasteiger partial charge in [-0.15, -0.1) is 0 Å². The third-order valence-electron chi connectivity index (χ3n) is 3.67. The Balaban J connectivity index is 2.31. The number of likely N-dealkylation sites (N-methyl/N-ethyl adjacent to an activating group) is 1. The molecule has 0 spiro atoms. The fourth-order valence-electron chi connectivity index (χ4n) is 2.46. The second-order valence-electron chi connectivity index (χ2n) is 5.01. The Morgan fingerprint density at radius 1 is 1.40 bits per heavy atom. The zero-order chi connectivity index (χ0) is 14.8. The molecule has 20 heavy (non-hydrogen) atoms. The van der Waals surface area contributed by atoms with Crippen LogP contribution in [-0.4, -0.2) is 32.8 Å². The molecular weight excluding hydrogens is 269 g/mol. The predicted octanol–water partition coefficient (Wildman–Crippen LogP) is 2.43. The van der Waals surface area contributed by atoms with Crippen molar-refractivity contribution in [1.29, 1.82) is 0 Å². The van der Waals surface area contributed by atoms with Gasteiger partial charge in [0.1, 0.15) is 0 Å². The number of ether oxygens (including phenoxy) is 1. The molecule has 0 aromatic heterocycles. The van der Waals surface area contributed by atoms with Gasteiger partial charge in [0.25, 0.3) is 0 Å². The summed E-state index contributed by atoms with van der Waals surface area (Å²) in [4.78, 5) is 1.86. The third-order valence-corrected chi connectivity index (χ3v) is 3.67. The molecule has 0 bridgehead atoms. The number of hydrogen-bond acceptors (Lipinski definition) is 3. The minimum absolute atomic E-state index is 0.136. The van der Waals surface area contributed by atoms with Crippen molar-refractivity contribution in [2.45, 2.75) is 25.1 Å². The summed E-state index contributed by atoms with van der Waals surface area (Å²) < 4.78 is 44.6. The van der Waals surface area contributed by atoms with Crippen LogP contribution in [0.4, 0.5) is 18.9 Å². The van der Waals surface area contributed by atoms with E-state index in [0.717, 1.165) is 6.42 Å². The lowest BCUT2D eigenvalue weighted by atomic mass is 10.0. The second-order valence-corrected chi connectivity index (χ2v) is 5.01. The molecule has 3 nitrogen and oxygen atoms in total. The molecule has 2 N–H and O–H groups in total. The lowest BCUT2D eigenvalue weighted by Crippen LogP contribution is -2.32. The molecule has 0 radical (unpaired) electrons. The fraction of sp³-hybridized carbons (Fsp3) is 0.571. The molecule has 2 rings (SSSR count). The molecule has 1 aromatic carbocycles. The van der Waals surface area contributed by atoms with Crippen LogP contribution in [0.15, 0.2) is 18.2 Å². The molecule has 0 aliphatic carbocycles. The van der Waals surface area contributed by atoms with E-state index in [0.29, 0.717) is 18.9 Å². The van der Waals surface area contributed by atoms with Gasteiger partial charge < -0.3 is 15.4 Å². The number of hydrogen-bond donors (Lipinski definition) is 1. The van der Waals surface area contributed by atoms with Crippen molar-refractivity contribution in [3.8, 4) is 0 Å². The molecule has 1 aliphatic rings. The van der Waals surface area contributed by atoms with Crippen LogP contribution in [0.25, 0.3) is 0 Å². The first-order valence-corrected chi connectivity index (χ1v) is 6.64. The molecule has 0 saturated carbocycles. The SMILES string of the molecule is CN(c1ccc(CCN)c(C(F)(F)F)c1)C1CCOC1. The number of anilines is 1. The monoisotopic (exact) mass is 288 g/mol. The van der Waals surface area contributed by atoms with Crippen LogP contribution < -0.4 is 10.6 Å². The number of rotatable bonds is 4. The molecule has 1 atom stereocenters. The summed E-state index contributed by atoms with van der Waals surface area (Å²) >= 11 is 0. The first-order chi connectivity index (χ1) is 9.43. The molecule has 1 heterocycles. The zero-order valence-electron chi connectivity index (χ0n) is 11.4. The summed E-state index contributed by atoms with van der Waals surface area (Å²) in [6.07, 6.45) is -3.29. The smallest absolute Gasteiger partial charge is 0.379 e. The van der Waals surface area contributed by atoms with Crippen molar-refractivity contribution in [2.75, 3.05) is 31.7 Å². The van der Waals surface area contributed by atoms with E-state index < -0.39 is 11.7 Å². The van der Waals surface area contributed by atoms with E-state index in [4.69, 9.17) is 10.5 Å². The third kappa shape index (κ3) is 3.24. The Morgan fingerprint density at radius 3 is 2.70 bits per heavy atom. The van der Waals surface area contributed by atoms with E-state index in [-0.39, 0.29) is 24.6 Å². The van der Waals surface area contributed by atoms with E-state index in [1.165, 1.54) is 12.1 Å². The van der Waals surface area contributed by atoms with Crippen molar-refractivity contribution in [2.24, 2.45) is 5.73 Å². The highest BCUT2D eigenvalue weighted by molar-refractivity contribution is 5.52. The van der Waals surface area contributed by atoms with E-state index >= 15 is 0 Å². The van der Waals surface area contributed by atoms with E-state index in [1.54, 1.807) is 13.1 Å². The van der Waals surface area contributed by atoms with Crippen LogP contribution in [0, 0.1) is 0 Å². The average Bonchev–Trinajstić information content (AvgIpc) is 2.91. The number of halogens is 3. The predicted molar refractivity (Wildman–Crippen MR) is 71.8 cm³/mol. The topological polar surface area (TPSA) is 38.5 Å². The van der Waals surface area contributed by atoms with Crippen molar-refractivity contribution in [3.63, 3.8) is 0 Å². The minimum Gasteiger partial charge on any atom is -0.379 e. The molecule has 1 aromatic rings. The molecular formula is C14H19F3N2O. The zero-order valence-corrected chi connectivity index (χ0v) is 11.4. The van der Waals surface area contributed by atoms with Gasteiger partial charge >= 0.3 is 6.18 Å². The van der Waals surface area contributed by atoms with Gasteiger partial charge in [-0.1, -0.05) is 6.07 Å². The van der Waals surface area contributed by atoms with E-state index in [1.807, 2.05) is 4.90 Å². The molecule has 1 unspecified atom stereocenters. The lowest BCUT2D eigenvalue weighted by molar-refractivity contribution is -0.138. The summed E-state index contributed by atoms with van der Waals surface area (Å²) in [7, 11) is 1.80. The van der Waals surface area contributed by atoms with Crippen molar-refractivity contribution >= 4 is 5.69 Å². The number of alkyl halides is 3. The van der Waals surface area contributed by atoms with Crippen LogP contribution in [0.5, 0.6) is 0 Å². The summed E-state index contributed by atoms with van der Waals surface area (Å²) in [6.45, 7) is 1.42. The van der Waals surface area contributed by atoms with Crippen LogP contribution in [0.2, 0.25) is 0 Å². The van der Waals surface area contributed by atoms with Crippen LogP contribution in [-0.2, 0) is 17.3 Å². The van der Waals surface area contributed by atoms with E-state index in [2.05, 4.69) is 0 Å². The number of nitrogens with zero attached hydrogens (tertiary/aromatic N) is 1. The second kappa shape index (κ2) is 6.01. The molecule has 1 saturated heterocycles. The number of benzene rings is 1. The molecule has 112 valence electrons. The Morgan fingerprint density at radius 2 is 2.15 bits per heavy atom. The normalized spacial score (nSPS) is 19.4. The Kier molecular flexibility index (Phi) is 4.55. The summed E-state index contributed by atoms with van der Waals surface area (Å²) in [5.74, 6) is 0. The summed E-state index contributed by atoms with van der Waals surface area (Å²) in [5.41, 5.74) is 5.60. The van der Waals surface area contributed by atoms with Crippen molar-refractivity contribution in [3.05, 3.63) is 29.3 Å². The average molecular weight is 288 g/mol. The fourth-order valence-corrected chi connectivity index (χ4v) is 2.46. The van der Waals surface area contributed by atoms with Gasteiger partial charge in [-0.2, -0.15) is 13.2 Å². The Hall–Kier alpha value is -1.27. The van der Waals surface area contributed by atoms with Crippen LogP contribution in [0.3, 0.4) is 0 Å². The summed E-state index contributed by atoms with van der Waals surface area (Å²) in [5, 5.41) is 0. The standard InChI is InChI=1S/C14H19F3N2O/c1-19(12-5-7-20-9-12)11-3-2-10(4-6-18)13(8-11)14(15,16)17/h2-3,8,12H,4-7,9,18H2,1H3. The Labute approximate surface area is 116 Å². The molecule has 0 amide bonds. The molecule has 1 fully saturated rings. The maximum absolute atomic E-state index is 13.1. The Bertz CT molecular complexity index is 456. The number of nitrogens with two attached hydrogens (primary N) is 1. The van der Waals surface area contributed by atoms with Gasteiger partial charge in [0.15, 0.2) is 0 Å². The maximum Gasteiger partial charge on any atom is 0.416 e. The van der Waals surface area contributed by atoms with Crippen LogP contribution >= 0.6 is 0 Å². The molecule has 6 heteroatoms. The lowest BCUT2D eigenvalue weighted by Gasteiger charge is -2.27. The first-order valence-electron chi connectivity index (χ1n) is 6.64. The van der Waals surface area contributed by atoms with Gasteiger partial charge in [0, 0.05) is 19.3 Å². The van der Waals surface area contributed by atoms with Gasteiger partial charge in [-0.25, -0.2) is 0 Å². The maximum atomic E-state index is 13.1. The van der Waals surface area contributed by atoms with Crippen LogP contribution in [0.1, 0.15) is 17.5 Å². The van der Waals surface area contributed by atoms with Gasteiger partial charge in [0.05, 0.1) is 18.2 Å². The minimum atomic E-state index is -4.35. The first kappa shape index (κ1) is 15.1. The van der Waals surface area contributed by atoms with Crippen molar-refractivity contribution < 1.29 is 17.9 Å². The quantitative estimate of drug-likeness (QED) is 0.925. The highest BCUT2D eigenvalue weighted by Gasteiger charge is 2.34. The highest BCUT2D eigenvalue weighted by atomic mass is 19.4. The van der Waals surface area contributed by atoms with Crippen molar-refractivity contribution in [1.82, 2.24) is 0 Å². The highest BCUT2D eigenvalue weighted by Crippen LogP contribution is 2.35. The van der Waals surface area contributed by atoms with Gasteiger partial charge in [-0.3, -0.25) is 0 Å². The van der Waals surface area contributed by atoms with Gasteiger partial charge in [-0.05, 0) is 37.1 Å². The van der Waals surface area contributed by atoms with Gasteiger partial charge in [0.2, 0.25) is 0 Å².